The molecule has 3 aromatic rings. The summed E-state index contributed by atoms with van der Waals surface area (Å²) in [5.41, 5.74) is 1.14. The summed E-state index contributed by atoms with van der Waals surface area (Å²) in [5.74, 6) is 0.286. The van der Waals surface area contributed by atoms with Gasteiger partial charge in [0.15, 0.2) is 0 Å². The Hall–Kier alpha value is -3.28. The molecule has 1 amide bonds. The van der Waals surface area contributed by atoms with Gasteiger partial charge in [-0.25, -0.2) is 4.79 Å². The molecule has 0 aromatic heterocycles. The zero-order valence-corrected chi connectivity index (χ0v) is 13.5. The van der Waals surface area contributed by atoms with Crippen molar-refractivity contribution in [2.24, 2.45) is 0 Å². The van der Waals surface area contributed by atoms with Crippen molar-refractivity contribution in [3.8, 4) is 16.9 Å². The fraction of sp³-hybridized carbons (Fsp3) is 0.0500. The number of amides is 1. The van der Waals surface area contributed by atoms with Crippen LogP contribution in [0.3, 0.4) is 0 Å². The van der Waals surface area contributed by atoms with Crippen molar-refractivity contribution in [2.45, 2.75) is 6.18 Å². The molecule has 0 atom stereocenters. The van der Waals surface area contributed by atoms with E-state index in [1.165, 1.54) is 12.1 Å². The maximum absolute atomic E-state index is 12.7. The van der Waals surface area contributed by atoms with E-state index in [-0.39, 0.29) is 11.4 Å². The minimum Gasteiger partial charge on any atom is -0.410 e. The largest absolute Gasteiger partial charge is 0.417 e. The molecule has 26 heavy (non-hydrogen) atoms. The fourth-order valence-corrected chi connectivity index (χ4v) is 2.37. The highest BCUT2D eigenvalue weighted by Crippen LogP contribution is 2.30. The van der Waals surface area contributed by atoms with Crippen molar-refractivity contribution in [1.82, 2.24) is 0 Å². The molecule has 0 radical (unpaired) electrons. The molecule has 0 saturated heterocycles. The van der Waals surface area contributed by atoms with Crippen molar-refractivity contribution >= 4 is 11.8 Å². The van der Waals surface area contributed by atoms with E-state index in [0.717, 1.165) is 23.3 Å². The van der Waals surface area contributed by atoms with Crippen molar-refractivity contribution in [2.75, 3.05) is 5.32 Å². The first-order valence-electron chi connectivity index (χ1n) is 7.73. The number of benzene rings is 3. The van der Waals surface area contributed by atoms with Crippen LogP contribution in [0.25, 0.3) is 11.1 Å². The maximum Gasteiger partial charge on any atom is 0.417 e. The number of rotatable bonds is 3. The van der Waals surface area contributed by atoms with Crippen LogP contribution in [0.5, 0.6) is 5.75 Å². The lowest BCUT2D eigenvalue weighted by molar-refractivity contribution is -0.137. The topological polar surface area (TPSA) is 38.3 Å². The Morgan fingerprint density at radius 1 is 0.808 bits per heavy atom. The lowest BCUT2D eigenvalue weighted by Crippen LogP contribution is -2.17. The van der Waals surface area contributed by atoms with E-state index in [9.17, 15) is 18.0 Å². The number of hydrogen-bond acceptors (Lipinski definition) is 2. The normalized spacial score (nSPS) is 11.0. The Morgan fingerprint density at radius 3 is 2.12 bits per heavy atom. The first-order chi connectivity index (χ1) is 12.4. The van der Waals surface area contributed by atoms with Gasteiger partial charge in [0, 0.05) is 5.69 Å². The molecule has 0 spiro atoms. The summed E-state index contributed by atoms with van der Waals surface area (Å²) in [7, 11) is 0. The van der Waals surface area contributed by atoms with Crippen LogP contribution >= 0.6 is 0 Å². The zero-order valence-electron chi connectivity index (χ0n) is 13.5. The van der Waals surface area contributed by atoms with Crippen molar-refractivity contribution in [1.29, 1.82) is 0 Å². The minimum atomic E-state index is -4.48. The smallest absolute Gasteiger partial charge is 0.410 e. The van der Waals surface area contributed by atoms with Gasteiger partial charge in [-0.15, -0.1) is 0 Å². The molecule has 132 valence electrons. The molecule has 0 aliphatic rings. The highest BCUT2D eigenvalue weighted by atomic mass is 19.4. The van der Waals surface area contributed by atoms with Gasteiger partial charge >= 0.3 is 12.3 Å². The Balaban J connectivity index is 1.65. The number of carbonyl (C=O) groups excluding carboxylic acids is 1. The second kappa shape index (κ2) is 7.31. The second-order valence-electron chi connectivity index (χ2n) is 5.48. The van der Waals surface area contributed by atoms with Gasteiger partial charge < -0.3 is 4.74 Å². The lowest BCUT2D eigenvalue weighted by Gasteiger charge is -2.10. The predicted octanol–water partition coefficient (Wildman–Crippen LogP) is 5.98. The minimum absolute atomic E-state index is 0.00531. The van der Waals surface area contributed by atoms with Crippen LogP contribution in [0.15, 0.2) is 78.9 Å². The SMILES string of the molecule is O=C(Nc1cccc(C(F)(F)F)c1)Oc1ccc(-c2ccccc2)cc1. The van der Waals surface area contributed by atoms with Gasteiger partial charge in [-0.05, 0) is 41.5 Å². The molecule has 0 fully saturated rings. The molecule has 1 N–H and O–H groups in total. The summed E-state index contributed by atoms with van der Waals surface area (Å²) >= 11 is 0. The molecule has 0 aliphatic carbocycles. The second-order valence-corrected chi connectivity index (χ2v) is 5.48. The molecule has 0 unspecified atom stereocenters. The number of ether oxygens (including phenoxy) is 1. The third-order valence-electron chi connectivity index (χ3n) is 3.61. The van der Waals surface area contributed by atoms with Crippen LogP contribution in [-0.2, 0) is 6.18 Å². The van der Waals surface area contributed by atoms with Crippen LogP contribution in [0.2, 0.25) is 0 Å². The molecule has 3 nitrogen and oxygen atoms in total. The molecule has 0 bridgehead atoms. The van der Waals surface area contributed by atoms with E-state index in [1.54, 1.807) is 24.3 Å². The van der Waals surface area contributed by atoms with Gasteiger partial charge in [0.05, 0.1) is 5.56 Å². The Morgan fingerprint density at radius 2 is 1.46 bits per heavy atom. The van der Waals surface area contributed by atoms with E-state index >= 15 is 0 Å². The molecule has 0 heterocycles. The number of anilines is 1. The average Bonchev–Trinajstić information content (AvgIpc) is 2.62. The number of alkyl halides is 3. The number of carbonyl (C=O) groups is 1. The summed E-state index contributed by atoms with van der Waals surface area (Å²) in [6, 6.07) is 20.8. The first-order valence-corrected chi connectivity index (χ1v) is 7.73. The third-order valence-corrected chi connectivity index (χ3v) is 3.61. The first kappa shape index (κ1) is 17.5. The fourth-order valence-electron chi connectivity index (χ4n) is 2.37. The zero-order chi connectivity index (χ0) is 18.6. The third kappa shape index (κ3) is 4.42. The van der Waals surface area contributed by atoms with Crippen LogP contribution in [0.4, 0.5) is 23.7 Å². The summed E-state index contributed by atoms with van der Waals surface area (Å²) in [4.78, 5) is 11.9. The monoisotopic (exact) mass is 357 g/mol. The number of halogens is 3. The molecular formula is C20H14F3NO2. The molecule has 0 saturated carbocycles. The van der Waals surface area contributed by atoms with Crippen LogP contribution in [0.1, 0.15) is 5.56 Å². The maximum atomic E-state index is 12.7. The van der Waals surface area contributed by atoms with Gasteiger partial charge in [-0.3, -0.25) is 5.32 Å². The van der Waals surface area contributed by atoms with Crippen LogP contribution in [-0.4, -0.2) is 6.09 Å². The molecular weight excluding hydrogens is 343 g/mol. The Kier molecular flexibility index (Phi) is 4.93. The van der Waals surface area contributed by atoms with Crippen molar-refractivity contribution < 1.29 is 22.7 Å². The Bertz CT molecular complexity index is 891. The quantitative estimate of drug-likeness (QED) is 0.626. The Labute approximate surface area is 148 Å². The molecule has 3 rings (SSSR count). The molecule has 6 heteroatoms. The summed E-state index contributed by atoms with van der Waals surface area (Å²) < 4.78 is 43.2. The summed E-state index contributed by atoms with van der Waals surface area (Å²) in [6.07, 6.45) is -5.34. The highest BCUT2D eigenvalue weighted by Gasteiger charge is 2.30. The average molecular weight is 357 g/mol. The van der Waals surface area contributed by atoms with Gasteiger partial charge in [0.25, 0.3) is 0 Å². The van der Waals surface area contributed by atoms with Gasteiger partial charge in [0.1, 0.15) is 5.75 Å². The van der Waals surface area contributed by atoms with E-state index < -0.39 is 17.8 Å². The standard InChI is InChI=1S/C20H14F3NO2/c21-20(22,23)16-7-4-8-17(13-16)24-19(25)26-18-11-9-15(10-12-18)14-5-2-1-3-6-14/h1-13H,(H,24,25). The molecule has 0 aliphatic heterocycles. The van der Waals surface area contributed by atoms with Gasteiger partial charge in [-0.2, -0.15) is 13.2 Å². The van der Waals surface area contributed by atoms with Crippen LogP contribution < -0.4 is 10.1 Å². The highest BCUT2D eigenvalue weighted by molar-refractivity contribution is 5.86. The van der Waals surface area contributed by atoms with E-state index in [2.05, 4.69) is 5.32 Å². The van der Waals surface area contributed by atoms with Crippen molar-refractivity contribution in [3.05, 3.63) is 84.4 Å². The predicted molar refractivity (Wildman–Crippen MR) is 93.0 cm³/mol. The van der Waals surface area contributed by atoms with E-state index in [1.807, 2.05) is 30.3 Å². The summed E-state index contributed by atoms with van der Waals surface area (Å²) in [6.45, 7) is 0. The van der Waals surface area contributed by atoms with Crippen molar-refractivity contribution in [3.63, 3.8) is 0 Å². The molecule has 3 aromatic carbocycles. The lowest BCUT2D eigenvalue weighted by atomic mass is 10.1. The van der Waals surface area contributed by atoms with Gasteiger partial charge in [-0.1, -0.05) is 48.5 Å². The van der Waals surface area contributed by atoms with Gasteiger partial charge in [0.2, 0.25) is 0 Å². The summed E-state index contributed by atoms with van der Waals surface area (Å²) in [5, 5.41) is 2.29. The van der Waals surface area contributed by atoms with E-state index in [4.69, 9.17) is 4.74 Å². The number of nitrogens with one attached hydrogen (secondary N) is 1. The van der Waals surface area contributed by atoms with E-state index in [0.29, 0.717) is 0 Å². The van der Waals surface area contributed by atoms with Crippen LogP contribution in [0, 0.1) is 0 Å². The number of hydrogen-bond donors (Lipinski definition) is 1.